The van der Waals surface area contributed by atoms with Gasteiger partial charge in [0.2, 0.25) is 5.91 Å². The van der Waals surface area contributed by atoms with E-state index in [0.717, 1.165) is 32.4 Å². The number of amides is 1. The Morgan fingerprint density at radius 2 is 2.04 bits per heavy atom. The molecule has 3 aliphatic rings. The van der Waals surface area contributed by atoms with E-state index in [4.69, 9.17) is 4.74 Å². The van der Waals surface area contributed by atoms with E-state index in [1.54, 1.807) is 0 Å². The summed E-state index contributed by atoms with van der Waals surface area (Å²) in [7, 11) is 0. The molecule has 2 heterocycles. The van der Waals surface area contributed by atoms with Crippen LogP contribution < -0.4 is 0 Å². The lowest BCUT2D eigenvalue weighted by atomic mass is 9.86. The Morgan fingerprint density at radius 1 is 1.21 bits per heavy atom. The average molecular weight is 327 g/mol. The van der Waals surface area contributed by atoms with Gasteiger partial charge in [0.1, 0.15) is 0 Å². The maximum absolute atomic E-state index is 13.3. The molecule has 3 nitrogen and oxygen atoms in total. The molecule has 1 amide bonds. The predicted octanol–water partition coefficient (Wildman–Crippen LogP) is 3.99. The number of rotatable bonds is 3. The topological polar surface area (TPSA) is 29.5 Å². The second kappa shape index (κ2) is 6.87. The third-order valence-corrected chi connectivity index (χ3v) is 6.52. The first-order chi connectivity index (χ1) is 11.8. The molecular weight excluding hydrogens is 298 g/mol. The van der Waals surface area contributed by atoms with Crippen LogP contribution in [-0.4, -0.2) is 36.1 Å². The Bertz CT molecular complexity index is 572. The van der Waals surface area contributed by atoms with Crippen molar-refractivity contribution in [2.24, 2.45) is 11.8 Å². The summed E-state index contributed by atoms with van der Waals surface area (Å²) in [5.41, 5.74) is 1.42. The van der Waals surface area contributed by atoms with E-state index in [-0.39, 0.29) is 12.0 Å². The van der Waals surface area contributed by atoms with Crippen molar-refractivity contribution in [2.45, 2.75) is 63.5 Å². The Morgan fingerprint density at radius 3 is 2.83 bits per heavy atom. The first-order valence-electron chi connectivity index (χ1n) is 9.75. The van der Waals surface area contributed by atoms with Crippen molar-refractivity contribution in [1.29, 1.82) is 0 Å². The molecule has 0 radical (unpaired) electrons. The van der Waals surface area contributed by atoms with Gasteiger partial charge < -0.3 is 9.64 Å². The van der Waals surface area contributed by atoms with Crippen molar-refractivity contribution < 1.29 is 9.53 Å². The Kier molecular flexibility index (Phi) is 4.62. The quantitative estimate of drug-likeness (QED) is 0.840. The highest BCUT2D eigenvalue weighted by atomic mass is 16.5. The molecule has 1 saturated carbocycles. The normalized spacial score (nSPS) is 35.9. The number of hydrogen-bond donors (Lipinski definition) is 0. The Hall–Kier alpha value is -1.35. The van der Waals surface area contributed by atoms with E-state index >= 15 is 0 Å². The predicted molar refractivity (Wildman–Crippen MR) is 94.8 cm³/mol. The molecule has 0 N–H and O–H groups in total. The van der Waals surface area contributed by atoms with Crippen molar-refractivity contribution in [3.8, 4) is 0 Å². The van der Waals surface area contributed by atoms with E-state index in [9.17, 15) is 4.79 Å². The largest absolute Gasteiger partial charge is 0.378 e. The van der Waals surface area contributed by atoms with Crippen LogP contribution in [0.5, 0.6) is 0 Å². The smallest absolute Gasteiger partial charge is 0.226 e. The lowest BCUT2D eigenvalue weighted by Crippen LogP contribution is -2.43. The minimum Gasteiger partial charge on any atom is -0.378 e. The van der Waals surface area contributed by atoms with Gasteiger partial charge in [0.05, 0.1) is 6.10 Å². The zero-order valence-corrected chi connectivity index (χ0v) is 14.7. The van der Waals surface area contributed by atoms with Crippen LogP contribution in [0, 0.1) is 11.8 Å². The highest BCUT2D eigenvalue weighted by Gasteiger charge is 2.48. The van der Waals surface area contributed by atoms with Crippen LogP contribution in [0.3, 0.4) is 0 Å². The molecule has 5 atom stereocenters. The zero-order valence-electron chi connectivity index (χ0n) is 14.7. The van der Waals surface area contributed by atoms with Gasteiger partial charge in [-0.2, -0.15) is 0 Å². The fourth-order valence-corrected chi connectivity index (χ4v) is 5.24. The molecule has 2 aliphatic heterocycles. The van der Waals surface area contributed by atoms with E-state index in [0.29, 0.717) is 23.8 Å². The van der Waals surface area contributed by atoms with E-state index < -0.39 is 0 Å². The Balaban J connectivity index is 1.52. The molecule has 1 aromatic carbocycles. The summed E-state index contributed by atoms with van der Waals surface area (Å²) in [4.78, 5) is 15.5. The molecule has 0 bridgehead atoms. The molecule has 2 saturated heterocycles. The zero-order chi connectivity index (χ0) is 16.5. The summed E-state index contributed by atoms with van der Waals surface area (Å²) >= 11 is 0. The molecular formula is C21H29NO2. The maximum Gasteiger partial charge on any atom is 0.226 e. The fraction of sp³-hybridized carbons (Fsp3) is 0.667. The van der Waals surface area contributed by atoms with Crippen LogP contribution in [0.15, 0.2) is 30.3 Å². The molecule has 3 heteroatoms. The summed E-state index contributed by atoms with van der Waals surface area (Å²) in [6.45, 7) is 3.83. The van der Waals surface area contributed by atoms with E-state index in [1.807, 2.05) is 0 Å². The first kappa shape index (κ1) is 16.1. The molecule has 0 spiro atoms. The second-order valence-electron chi connectivity index (χ2n) is 7.79. The number of nitrogens with zero attached hydrogens (tertiary/aromatic N) is 1. The minimum atomic E-state index is 0.180. The van der Waals surface area contributed by atoms with Crippen LogP contribution in [0.4, 0.5) is 0 Å². The van der Waals surface area contributed by atoms with Crippen LogP contribution in [0.1, 0.15) is 56.9 Å². The number of carbonyl (C=O) groups excluding carboxylic acids is 1. The van der Waals surface area contributed by atoms with Gasteiger partial charge in [-0.25, -0.2) is 0 Å². The standard InChI is InChI=1S/C21H29NO2/c1-2-17-13-16(11-12-24-17)21(23)22-14-19(15-7-4-3-5-8-15)18-9-6-10-20(18)22/h3-5,7-8,16-20H,2,6,9-14H2,1H3/t16-,17-,18+,19-,20-/m1/s1. The number of hydrogen-bond acceptors (Lipinski definition) is 2. The number of likely N-dealkylation sites (tertiary alicyclic amines) is 1. The lowest BCUT2D eigenvalue weighted by Gasteiger charge is -2.33. The van der Waals surface area contributed by atoms with Gasteiger partial charge in [0.25, 0.3) is 0 Å². The fourth-order valence-electron chi connectivity index (χ4n) is 5.24. The van der Waals surface area contributed by atoms with Crippen LogP contribution in [-0.2, 0) is 9.53 Å². The summed E-state index contributed by atoms with van der Waals surface area (Å²) in [5.74, 6) is 1.79. The average Bonchev–Trinajstić information content (AvgIpc) is 3.24. The summed E-state index contributed by atoms with van der Waals surface area (Å²) in [6.07, 6.45) is 6.86. The van der Waals surface area contributed by atoms with Crippen LogP contribution >= 0.6 is 0 Å². The van der Waals surface area contributed by atoms with Crippen molar-refractivity contribution in [2.75, 3.05) is 13.2 Å². The highest BCUT2D eigenvalue weighted by Crippen LogP contribution is 2.47. The lowest BCUT2D eigenvalue weighted by molar-refractivity contribution is -0.141. The van der Waals surface area contributed by atoms with Crippen molar-refractivity contribution in [1.82, 2.24) is 4.90 Å². The molecule has 24 heavy (non-hydrogen) atoms. The van der Waals surface area contributed by atoms with Crippen molar-refractivity contribution >= 4 is 5.91 Å². The van der Waals surface area contributed by atoms with Gasteiger partial charge in [0.15, 0.2) is 0 Å². The van der Waals surface area contributed by atoms with Gasteiger partial charge >= 0.3 is 0 Å². The van der Waals surface area contributed by atoms with Gasteiger partial charge in [-0.3, -0.25) is 4.79 Å². The third-order valence-electron chi connectivity index (χ3n) is 6.52. The SMILES string of the molecule is CC[C@@H]1C[C@H](C(=O)N2C[C@H](c3ccccc3)[C@@H]3CCC[C@H]32)CCO1. The molecule has 1 aromatic rings. The van der Waals surface area contributed by atoms with Crippen LogP contribution in [0.2, 0.25) is 0 Å². The summed E-state index contributed by atoms with van der Waals surface area (Å²) in [6, 6.07) is 11.3. The minimum absolute atomic E-state index is 0.180. The van der Waals surface area contributed by atoms with Crippen molar-refractivity contribution in [3.63, 3.8) is 0 Å². The second-order valence-corrected chi connectivity index (χ2v) is 7.79. The first-order valence-corrected chi connectivity index (χ1v) is 9.75. The van der Waals surface area contributed by atoms with Gasteiger partial charge in [0, 0.05) is 31.0 Å². The summed E-state index contributed by atoms with van der Waals surface area (Å²) in [5, 5.41) is 0. The number of ether oxygens (including phenoxy) is 1. The molecule has 0 aromatic heterocycles. The van der Waals surface area contributed by atoms with Crippen LogP contribution in [0.25, 0.3) is 0 Å². The van der Waals surface area contributed by atoms with Gasteiger partial charge in [-0.05, 0) is 43.6 Å². The van der Waals surface area contributed by atoms with Gasteiger partial charge in [-0.15, -0.1) is 0 Å². The maximum atomic E-state index is 13.3. The number of benzene rings is 1. The van der Waals surface area contributed by atoms with E-state index in [2.05, 4.69) is 42.2 Å². The van der Waals surface area contributed by atoms with Gasteiger partial charge in [-0.1, -0.05) is 43.7 Å². The van der Waals surface area contributed by atoms with E-state index in [1.165, 1.54) is 24.8 Å². The molecule has 4 rings (SSSR count). The number of carbonyl (C=O) groups is 1. The Labute approximate surface area is 145 Å². The molecule has 1 aliphatic carbocycles. The third kappa shape index (κ3) is 2.88. The molecule has 130 valence electrons. The van der Waals surface area contributed by atoms with Crippen molar-refractivity contribution in [3.05, 3.63) is 35.9 Å². The number of fused-ring (bicyclic) bond motifs is 1. The highest BCUT2D eigenvalue weighted by molar-refractivity contribution is 5.80. The monoisotopic (exact) mass is 327 g/mol. The molecule has 0 unspecified atom stereocenters. The summed E-state index contributed by atoms with van der Waals surface area (Å²) < 4.78 is 5.78. The molecule has 3 fully saturated rings.